The largest absolute Gasteiger partial charge is 0.454 e. The summed E-state index contributed by atoms with van der Waals surface area (Å²) in [6.07, 6.45) is 4.24. The summed E-state index contributed by atoms with van der Waals surface area (Å²) < 4.78 is 5.34. The third-order valence-electron chi connectivity index (χ3n) is 3.00. The first-order valence-corrected chi connectivity index (χ1v) is 5.83. The number of esters is 1. The highest BCUT2D eigenvalue weighted by molar-refractivity contribution is 5.99. The highest BCUT2D eigenvalue weighted by Crippen LogP contribution is 2.36. The van der Waals surface area contributed by atoms with E-state index in [-0.39, 0.29) is 12.1 Å². The van der Waals surface area contributed by atoms with Crippen molar-refractivity contribution in [3.63, 3.8) is 0 Å². The number of hydrogen-bond acceptors (Lipinski definition) is 3. The van der Waals surface area contributed by atoms with Crippen molar-refractivity contribution >= 4 is 11.7 Å². The number of unbranched alkanes of at least 4 members (excludes halogenated alkanes) is 2. The van der Waals surface area contributed by atoms with Crippen LogP contribution < -0.4 is 5.73 Å². The Morgan fingerprint density at radius 2 is 2.19 bits per heavy atom. The standard InChI is InChI=1S/C13H17NO2/c1-2-3-4-8-11-9-6-5-7-10(14)12(9)13(15)16-11/h5-7,11H,2-4,8,14H2,1H3. The molecule has 1 aromatic carbocycles. The fraction of sp³-hybridized carbons (Fsp3) is 0.462. The average molecular weight is 219 g/mol. The number of benzene rings is 1. The van der Waals surface area contributed by atoms with E-state index in [2.05, 4.69) is 6.92 Å². The number of rotatable bonds is 4. The van der Waals surface area contributed by atoms with Crippen LogP contribution in [0.3, 0.4) is 0 Å². The molecular weight excluding hydrogens is 202 g/mol. The minimum Gasteiger partial charge on any atom is -0.454 e. The smallest absolute Gasteiger partial charge is 0.341 e. The monoisotopic (exact) mass is 219 g/mol. The van der Waals surface area contributed by atoms with Crippen LogP contribution in [0.2, 0.25) is 0 Å². The lowest BCUT2D eigenvalue weighted by Crippen LogP contribution is -1.99. The predicted molar refractivity (Wildman–Crippen MR) is 63.2 cm³/mol. The maximum atomic E-state index is 11.6. The first kappa shape index (κ1) is 11.0. The summed E-state index contributed by atoms with van der Waals surface area (Å²) in [6.45, 7) is 2.16. The van der Waals surface area contributed by atoms with E-state index in [1.807, 2.05) is 12.1 Å². The van der Waals surface area contributed by atoms with Gasteiger partial charge in [-0.25, -0.2) is 4.79 Å². The number of cyclic esters (lactones) is 1. The molecule has 0 aromatic heterocycles. The topological polar surface area (TPSA) is 52.3 Å². The van der Waals surface area contributed by atoms with E-state index in [4.69, 9.17) is 10.5 Å². The van der Waals surface area contributed by atoms with E-state index in [1.165, 1.54) is 12.8 Å². The number of hydrogen-bond donors (Lipinski definition) is 1. The molecule has 1 unspecified atom stereocenters. The molecule has 0 bridgehead atoms. The van der Waals surface area contributed by atoms with Gasteiger partial charge in [0.15, 0.2) is 0 Å². The van der Waals surface area contributed by atoms with Crippen LogP contribution in [0.1, 0.15) is 54.6 Å². The van der Waals surface area contributed by atoms with Crippen LogP contribution >= 0.6 is 0 Å². The lowest BCUT2D eigenvalue weighted by Gasteiger charge is -2.09. The molecule has 1 aliphatic rings. The van der Waals surface area contributed by atoms with E-state index >= 15 is 0 Å². The molecule has 1 heterocycles. The minimum atomic E-state index is -0.269. The molecule has 3 nitrogen and oxygen atoms in total. The van der Waals surface area contributed by atoms with Gasteiger partial charge in [0.1, 0.15) is 6.10 Å². The van der Waals surface area contributed by atoms with Gasteiger partial charge in [-0.15, -0.1) is 0 Å². The van der Waals surface area contributed by atoms with Crippen LogP contribution in [-0.2, 0) is 4.74 Å². The normalized spacial score (nSPS) is 18.3. The zero-order valence-electron chi connectivity index (χ0n) is 9.53. The van der Waals surface area contributed by atoms with Gasteiger partial charge in [0.25, 0.3) is 0 Å². The van der Waals surface area contributed by atoms with Gasteiger partial charge in [-0.05, 0) is 18.9 Å². The zero-order valence-corrected chi connectivity index (χ0v) is 9.53. The van der Waals surface area contributed by atoms with E-state index in [0.29, 0.717) is 11.3 Å². The Balaban J connectivity index is 2.16. The van der Waals surface area contributed by atoms with Crippen molar-refractivity contribution in [1.82, 2.24) is 0 Å². The number of carbonyl (C=O) groups excluding carboxylic acids is 1. The Kier molecular flexibility index (Phi) is 3.13. The number of nitrogen functional groups attached to an aromatic ring is 1. The Morgan fingerprint density at radius 3 is 2.94 bits per heavy atom. The van der Waals surface area contributed by atoms with Crippen LogP contribution in [-0.4, -0.2) is 5.97 Å². The molecule has 2 rings (SSSR count). The molecular formula is C13H17NO2. The second-order valence-electron chi connectivity index (χ2n) is 4.20. The summed E-state index contributed by atoms with van der Waals surface area (Å²) in [5.74, 6) is -0.269. The number of nitrogens with two attached hydrogens (primary N) is 1. The summed E-state index contributed by atoms with van der Waals surface area (Å²) in [5, 5.41) is 0. The van der Waals surface area contributed by atoms with E-state index in [9.17, 15) is 4.79 Å². The van der Waals surface area contributed by atoms with Crippen molar-refractivity contribution in [2.45, 2.75) is 38.7 Å². The van der Waals surface area contributed by atoms with Gasteiger partial charge in [-0.2, -0.15) is 0 Å². The molecule has 0 aliphatic carbocycles. The van der Waals surface area contributed by atoms with E-state index in [0.717, 1.165) is 18.4 Å². The third kappa shape index (κ3) is 1.90. The van der Waals surface area contributed by atoms with Crippen molar-refractivity contribution in [3.8, 4) is 0 Å². The average Bonchev–Trinajstić information content (AvgIpc) is 2.58. The molecule has 3 heteroatoms. The second-order valence-corrected chi connectivity index (χ2v) is 4.20. The van der Waals surface area contributed by atoms with Gasteiger partial charge in [-0.3, -0.25) is 0 Å². The molecule has 0 fully saturated rings. The zero-order chi connectivity index (χ0) is 11.5. The van der Waals surface area contributed by atoms with Gasteiger partial charge in [0, 0.05) is 11.3 Å². The Bertz CT molecular complexity index is 401. The van der Waals surface area contributed by atoms with Gasteiger partial charge < -0.3 is 10.5 Å². The predicted octanol–water partition coefficient (Wildman–Crippen LogP) is 3.06. The number of anilines is 1. The summed E-state index contributed by atoms with van der Waals surface area (Å²) in [7, 11) is 0. The molecule has 1 aliphatic heterocycles. The highest BCUT2D eigenvalue weighted by atomic mass is 16.5. The number of fused-ring (bicyclic) bond motifs is 1. The maximum absolute atomic E-state index is 11.6. The molecule has 2 N–H and O–H groups in total. The van der Waals surface area contributed by atoms with Crippen molar-refractivity contribution in [2.75, 3.05) is 5.73 Å². The van der Waals surface area contributed by atoms with E-state index < -0.39 is 0 Å². The molecule has 1 aromatic rings. The van der Waals surface area contributed by atoms with Crippen LogP contribution in [0.25, 0.3) is 0 Å². The van der Waals surface area contributed by atoms with E-state index in [1.54, 1.807) is 6.07 Å². The summed E-state index contributed by atoms with van der Waals surface area (Å²) in [6, 6.07) is 5.56. The summed E-state index contributed by atoms with van der Waals surface area (Å²) in [5.41, 5.74) is 7.84. The number of ether oxygens (including phenoxy) is 1. The minimum absolute atomic E-state index is 0.0856. The van der Waals surface area contributed by atoms with Gasteiger partial charge in [-0.1, -0.05) is 31.9 Å². The fourth-order valence-electron chi connectivity index (χ4n) is 2.14. The molecule has 1 atom stereocenters. The summed E-state index contributed by atoms with van der Waals surface area (Å²) >= 11 is 0. The van der Waals surface area contributed by atoms with Crippen LogP contribution in [0, 0.1) is 0 Å². The summed E-state index contributed by atoms with van der Waals surface area (Å²) in [4.78, 5) is 11.6. The van der Waals surface area contributed by atoms with Gasteiger partial charge in [0.05, 0.1) is 5.56 Å². The maximum Gasteiger partial charge on any atom is 0.341 e. The quantitative estimate of drug-likeness (QED) is 0.481. The molecule has 86 valence electrons. The fourth-order valence-corrected chi connectivity index (χ4v) is 2.14. The Morgan fingerprint density at radius 1 is 1.38 bits per heavy atom. The first-order chi connectivity index (χ1) is 7.74. The van der Waals surface area contributed by atoms with Gasteiger partial charge in [0.2, 0.25) is 0 Å². The van der Waals surface area contributed by atoms with Gasteiger partial charge >= 0.3 is 5.97 Å². The molecule has 16 heavy (non-hydrogen) atoms. The Hall–Kier alpha value is -1.51. The van der Waals surface area contributed by atoms with Crippen molar-refractivity contribution < 1.29 is 9.53 Å². The van der Waals surface area contributed by atoms with Crippen LogP contribution in [0.4, 0.5) is 5.69 Å². The highest BCUT2D eigenvalue weighted by Gasteiger charge is 2.31. The molecule has 0 radical (unpaired) electrons. The SMILES string of the molecule is CCCCCC1OC(=O)c2c(N)cccc21. The Labute approximate surface area is 95.6 Å². The molecule has 0 saturated carbocycles. The molecule has 0 spiro atoms. The van der Waals surface area contributed by atoms with Crippen molar-refractivity contribution in [1.29, 1.82) is 0 Å². The lowest BCUT2D eigenvalue weighted by molar-refractivity contribution is 0.0364. The van der Waals surface area contributed by atoms with Crippen LogP contribution in [0.15, 0.2) is 18.2 Å². The number of carbonyl (C=O) groups is 1. The molecule has 0 amide bonds. The van der Waals surface area contributed by atoms with Crippen LogP contribution in [0.5, 0.6) is 0 Å². The van der Waals surface area contributed by atoms with Crippen molar-refractivity contribution in [3.05, 3.63) is 29.3 Å². The third-order valence-corrected chi connectivity index (χ3v) is 3.00. The lowest BCUT2D eigenvalue weighted by atomic mass is 9.99. The molecule has 0 saturated heterocycles. The second kappa shape index (κ2) is 4.56. The first-order valence-electron chi connectivity index (χ1n) is 5.83. The van der Waals surface area contributed by atoms with Crippen molar-refractivity contribution in [2.24, 2.45) is 0 Å².